The predicted molar refractivity (Wildman–Crippen MR) is 117 cm³/mol. The third-order valence-corrected chi connectivity index (χ3v) is 7.19. The summed E-state index contributed by atoms with van der Waals surface area (Å²) in [7, 11) is 0. The molecule has 0 aromatic heterocycles. The molecular weight excluding hydrogens is 436 g/mol. The van der Waals surface area contributed by atoms with Gasteiger partial charge >= 0.3 is 6.09 Å². The van der Waals surface area contributed by atoms with Crippen molar-refractivity contribution < 1.29 is 28.5 Å². The average Bonchev–Trinajstić information content (AvgIpc) is 3.61. The Morgan fingerprint density at radius 1 is 1.25 bits per heavy atom. The van der Waals surface area contributed by atoms with Crippen molar-refractivity contribution in [3.8, 4) is 0 Å². The number of amides is 4. The molecule has 4 atom stereocenters. The lowest BCUT2D eigenvalue weighted by Gasteiger charge is -2.27. The Bertz CT molecular complexity index is 796. The van der Waals surface area contributed by atoms with Gasteiger partial charge < -0.3 is 24.8 Å². The van der Waals surface area contributed by atoms with E-state index in [4.69, 9.17) is 4.74 Å². The Balaban J connectivity index is 1.57. The van der Waals surface area contributed by atoms with E-state index in [0.717, 1.165) is 12.8 Å². The molecule has 1 aliphatic heterocycles. The van der Waals surface area contributed by atoms with Gasteiger partial charge in [0.15, 0.2) is 0 Å². The number of nitrogens with zero attached hydrogens (tertiary/aromatic N) is 1. The summed E-state index contributed by atoms with van der Waals surface area (Å²) in [6.07, 6.45) is 3.97. The van der Waals surface area contributed by atoms with Gasteiger partial charge in [0, 0.05) is 25.3 Å². The average molecular weight is 469 g/mol. The van der Waals surface area contributed by atoms with Gasteiger partial charge in [-0.1, -0.05) is 6.08 Å². The molecule has 0 aromatic carbocycles. The molecule has 2 aliphatic carbocycles. The number of rotatable bonds is 8. The summed E-state index contributed by atoms with van der Waals surface area (Å²) < 4.78 is 19.8. The molecule has 0 bridgehead atoms. The Hall–Kier alpha value is -2.27. The van der Waals surface area contributed by atoms with Crippen molar-refractivity contribution in [1.29, 1.82) is 0 Å². The van der Waals surface area contributed by atoms with Crippen LogP contribution in [0.2, 0.25) is 0 Å². The van der Waals surface area contributed by atoms with Crippen LogP contribution in [0.5, 0.6) is 0 Å². The molecule has 3 rings (SSSR count). The molecule has 2 saturated carbocycles. The van der Waals surface area contributed by atoms with E-state index in [2.05, 4.69) is 21.9 Å². The lowest BCUT2D eigenvalue weighted by atomic mass is 10.1. The number of ether oxygens (including phenoxy) is 1. The van der Waals surface area contributed by atoms with Crippen LogP contribution in [0.25, 0.3) is 0 Å². The Kier molecular flexibility index (Phi) is 7.09. The molecule has 0 radical (unpaired) electrons. The van der Waals surface area contributed by atoms with E-state index in [-0.39, 0.29) is 17.7 Å². The SMILES string of the molecule is C=CC1CC1(NC(=O)[C@@H]1CCCN1C(=O)CNC(=O)OC(C)(C)C)C(=O)N[S+]([O-])C1CC1. The zero-order chi connectivity index (χ0) is 23.7. The highest BCUT2D eigenvalue weighted by molar-refractivity contribution is 7.90. The third kappa shape index (κ3) is 5.74. The summed E-state index contributed by atoms with van der Waals surface area (Å²) >= 11 is -1.46. The molecule has 3 N–H and O–H groups in total. The standard InChI is InChI=1S/C21H32N4O6S/c1-5-13-11-21(13,18(28)24-32(30)14-8-9-14)23-17(27)15-7-6-10-25(15)16(26)12-22-19(29)31-20(2,3)4/h5,13-15H,1,6-12H2,2-4H3,(H,22,29)(H,23,27)(H,24,28)/t13?,15-,21?,32?/m0/s1. The summed E-state index contributed by atoms with van der Waals surface area (Å²) in [5.41, 5.74) is -1.87. The van der Waals surface area contributed by atoms with Crippen LogP contribution in [-0.2, 0) is 30.5 Å². The van der Waals surface area contributed by atoms with E-state index < -0.39 is 52.4 Å². The minimum absolute atomic E-state index is 0.0203. The molecule has 0 spiro atoms. The molecule has 3 fully saturated rings. The highest BCUT2D eigenvalue weighted by atomic mass is 32.2. The van der Waals surface area contributed by atoms with Gasteiger partial charge in [0.2, 0.25) is 11.8 Å². The maximum atomic E-state index is 13.0. The molecule has 10 nitrogen and oxygen atoms in total. The fourth-order valence-electron chi connectivity index (χ4n) is 3.79. The van der Waals surface area contributed by atoms with Gasteiger partial charge in [-0.3, -0.25) is 14.4 Å². The largest absolute Gasteiger partial charge is 0.593 e. The highest BCUT2D eigenvalue weighted by Gasteiger charge is 2.62. The molecule has 32 heavy (non-hydrogen) atoms. The summed E-state index contributed by atoms with van der Waals surface area (Å²) in [4.78, 5) is 51.7. The second kappa shape index (κ2) is 9.30. The third-order valence-electron chi connectivity index (χ3n) is 5.73. The number of carbonyl (C=O) groups excluding carboxylic acids is 4. The predicted octanol–water partition coefficient (Wildman–Crippen LogP) is 0.505. The van der Waals surface area contributed by atoms with Gasteiger partial charge in [0.05, 0.1) is 11.4 Å². The lowest BCUT2D eigenvalue weighted by Crippen LogP contribution is -2.57. The molecule has 0 aromatic rings. The normalized spacial score (nSPS) is 27.8. The van der Waals surface area contributed by atoms with Crippen LogP contribution in [0, 0.1) is 5.92 Å². The van der Waals surface area contributed by atoms with Crippen molar-refractivity contribution in [2.75, 3.05) is 13.1 Å². The van der Waals surface area contributed by atoms with Gasteiger partial charge in [-0.2, -0.15) is 4.72 Å². The number of carbonyl (C=O) groups is 4. The van der Waals surface area contributed by atoms with Crippen molar-refractivity contribution in [3.05, 3.63) is 12.7 Å². The van der Waals surface area contributed by atoms with Gasteiger partial charge in [-0.15, -0.1) is 6.58 Å². The lowest BCUT2D eigenvalue weighted by molar-refractivity contribution is -0.139. The van der Waals surface area contributed by atoms with Crippen LogP contribution in [0.4, 0.5) is 4.79 Å². The minimum Gasteiger partial charge on any atom is -0.593 e. The van der Waals surface area contributed by atoms with E-state index in [1.165, 1.54) is 4.90 Å². The molecule has 1 heterocycles. The van der Waals surface area contributed by atoms with Crippen LogP contribution in [0.3, 0.4) is 0 Å². The van der Waals surface area contributed by atoms with Gasteiger partial charge in [-0.25, -0.2) is 4.79 Å². The zero-order valence-corrected chi connectivity index (χ0v) is 19.6. The molecule has 11 heteroatoms. The Morgan fingerprint density at radius 3 is 2.50 bits per heavy atom. The minimum atomic E-state index is -1.46. The zero-order valence-electron chi connectivity index (χ0n) is 18.8. The number of hydrogen-bond acceptors (Lipinski definition) is 6. The van der Waals surface area contributed by atoms with E-state index in [1.807, 2.05) is 0 Å². The van der Waals surface area contributed by atoms with E-state index in [0.29, 0.717) is 25.8 Å². The summed E-state index contributed by atoms with van der Waals surface area (Å²) in [6.45, 7) is 8.96. The Labute approximate surface area is 191 Å². The smallest absolute Gasteiger partial charge is 0.408 e. The van der Waals surface area contributed by atoms with E-state index >= 15 is 0 Å². The maximum absolute atomic E-state index is 13.0. The maximum Gasteiger partial charge on any atom is 0.408 e. The van der Waals surface area contributed by atoms with E-state index in [9.17, 15) is 23.7 Å². The number of hydrogen-bond donors (Lipinski definition) is 3. The summed E-state index contributed by atoms with van der Waals surface area (Å²) in [5, 5.41) is 5.19. The summed E-state index contributed by atoms with van der Waals surface area (Å²) in [6, 6.07) is -0.743. The fraction of sp³-hybridized carbons (Fsp3) is 0.714. The molecule has 1 saturated heterocycles. The number of nitrogens with one attached hydrogen (secondary N) is 3. The second-order valence-corrected chi connectivity index (χ2v) is 11.0. The fourth-order valence-corrected chi connectivity index (χ4v) is 4.88. The highest BCUT2D eigenvalue weighted by Crippen LogP contribution is 2.45. The van der Waals surface area contributed by atoms with Gasteiger partial charge in [-0.05, 0) is 40.0 Å². The molecule has 3 aliphatic rings. The van der Waals surface area contributed by atoms with Crippen molar-refractivity contribution in [1.82, 2.24) is 20.3 Å². The summed E-state index contributed by atoms with van der Waals surface area (Å²) in [5.74, 6) is -1.59. The van der Waals surface area contributed by atoms with Crippen LogP contribution in [-0.4, -0.2) is 68.8 Å². The molecule has 4 amide bonds. The van der Waals surface area contributed by atoms with Crippen LogP contribution in [0.15, 0.2) is 12.7 Å². The van der Waals surface area contributed by atoms with Crippen LogP contribution >= 0.6 is 0 Å². The van der Waals surface area contributed by atoms with Crippen molar-refractivity contribution in [2.24, 2.45) is 5.92 Å². The molecule has 178 valence electrons. The first-order chi connectivity index (χ1) is 15.0. The van der Waals surface area contributed by atoms with Crippen LogP contribution < -0.4 is 15.4 Å². The van der Waals surface area contributed by atoms with E-state index in [1.54, 1.807) is 26.8 Å². The van der Waals surface area contributed by atoms with Gasteiger partial charge in [0.25, 0.3) is 5.91 Å². The number of alkyl carbamates (subject to hydrolysis) is 1. The monoisotopic (exact) mass is 468 g/mol. The molecular formula is C21H32N4O6S. The molecule has 3 unspecified atom stereocenters. The van der Waals surface area contributed by atoms with Gasteiger partial charge in [0.1, 0.15) is 29.0 Å². The first-order valence-corrected chi connectivity index (χ1v) is 12.1. The quantitative estimate of drug-likeness (QED) is 0.350. The topological polar surface area (TPSA) is 140 Å². The van der Waals surface area contributed by atoms with Crippen LogP contribution in [0.1, 0.15) is 52.9 Å². The van der Waals surface area contributed by atoms with Crippen molar-refractivity contribution in [3.63, 3.8) is 0 Å². The first-order valence-electron chi connectivity index (χ1n) is 10.9. The van der Waals surface area contributed by atoms with Crippen molar-refractivity contribution >= 4 is 35.2 Å². The van der Waals surface area contributed by atoms with Crippen molar-refractivity contribution in [2.45, 2.75) is 75.3 Å². The second-order valence-electron chi connectivity index (χ2n) is 9.54. The number of likely N-dealkylation sites (tertiary alicyclic amines) is 1. The first kappa shape index (κ1) is 24.4. The Morgan fingerprint density at radius 2 is 1.94 bits per heavy atom.